The predicted molar refractivity (Wildman–Crippen MR) is 87.6 cm³/mol. The van der Waals surface area contributed by atoms with Gasteiger partial charge in [0.15, 0.2) is 0 Å². The van der Waals surface area contributed by atoms with E-state index in [4.69, 9.17) is 23.2 Å². The fraction of sp³-hybridized carbons (Fsp3) is 0.357. The molecule has 0 saturated carbocycles. The Bertz CT molecular complexity index is 578. The summed E-state index contributed by atoms with van der Waals surface area (Å²) in [6.45, 7) is 5.77. The molecular weight excluding hydrogens is 361 g/mol. The topological polar surface area (TPSA) is 29.9 Å². The number of hydrogen-bond donors (Lipinski definition) is 1. The number of aromatic nitrogens is 2. The summed E-state index contributed by atoms with van der Waals surface area (Å²) in [4.78, 5) is 0. The molecule has 0 bridgehead atoms. The second kappa shape index (κ2) is 6.94. The van der Waals surface area contributed by atoms with Crippen LogP contribution in [0.15, 0.2) is 28.9 Å². The summed E-state index contributed by atoms with van der Waals surface area (Å²) in [5.74, 6) is 0. The molecule has 0 aliphatic rings. The molecule has 1 aromatic carbocycles. The maximum atomic E-state index is 6.12. The van der Waals surface area contributed by atoms with E-state index >= 15 is 0 Å². The van der Waals surface area contributed by atoms with Gasteiger partial charge in [-0.15, -0.1) is 0 Å². The quantitative estimate of drug-likeness (QED) is 0.821. The molecule has 0 aliphatic heterocycles. The van der Waals surface area contributed by atoms with Crippen molar-refractivity contribution >= 4 is 39.1 Å². The van der Waals surface area contributed by atoms with E-state index in [-0.39, 0.29) is 6.04 Å². The number of nitrogens with zero attached hydrogens (tertiary/aromatic N) is 2. The van der Waals surface area contributed by atoms with Crippen molar-refractivity contribution in [2.45, 2.75) is 26.4 Å². The zero-order chi connectivity index (χ0) is 14.7. The molecule has 0 saturated heterocycles. The molecule has 2 rings (SSSR count). The number of nitrogens with one attached hydrogen (secondary N) is 1. The fourth-order valence-corrected chi connectivity index (χ4v) is 3.30. The maximum Gasteiger partial charge on any atom is 0.0760 e. The van der Waals surface area contributed by atoms with Crippen LogP contribution in [0.4, 0.5) is 0 Å². The number of aryl methyl sites for hydroxylation is 1. The highest BCUT2D eigenvalue weighted by Gasteiger charge is 2.21. The van der Waals surface area contributed by atoms with E-state index in [0.29, 0.717) is 10.0 Å². The van der Waals surface area contributed by atoms with Crippen LogP contribution in [-0.4, -0.2) is 16.3 Å². The van der Waals surface area contributed by atoms with Crippen molar-refractivity contribution in [1.82, 2.24) is 15.1 Å². The third-order valence-electron chi connectivity index (χ3n) is 3.03. The molecule has 1 aromatic heterocycles. The van der Waals surface area contributed by atoms with Crippen LogP contribution in [0.25, 0.3) is 0 Å². The van der Waals surface area contributed by atoms with Crippen LogP contribution in [0.3, 0.4) is 0 Å². The summed E-state index contributed by atoms with van der Waals surface area (Å²) in [5, 5.41) is 9.10. The number of benzene rings is 1. The molecule has 0 fully saturated rings. The summed E-state index contributed by atoms with van der Waals surface area (Å²) >= 11 is 15.8. The van der Waals surface area contributed by atoms with Gasteiger partial charge in [0, 0.05) is 16.6 Å². The van der Waals surface area contributed by atoms with Crippen LogP contribution in [-0.2, 0) is 6.54 Å². The first kappa shape index (κ1) is 15.8. The Balaban J connectivity index is 2.52. The molecular formula is C14H16BrCl2N3. The Morgan fingerprint density at radius 3 is 2.45 bits per heavy atom. The van der Waals surface area contributed by atoms with E-state index in [1.54, 1.807) is 6.07 Å². The molecule has 1 N–H and O–H groups in total. The predicted octanol–water partition coefficient (Wildman–Crippen LogP) is 4.67. The van der Waals surface area contributed by atoms with Crippen molar-refractivity contribution in [2.24, 2.45) is 0 Å². The van der Waals surface area contributed by atoms with Crippen molar-refractivity contribution in [1.29, 1.82) is 0 Å². The third kappa shape index (κ3) is 3.37. The van der Waals surface area contributed by atoms with Gasteiger partial charge in [-0.05, 0) is 53.2 Å². The molecule has 1 heterocycles. The lowest BCUT2D eigenvalue weighted by atomic mass is 10.0. The van der Waals surface area contributed by atoms with Crippen LogP contribution in [0.2, 0.25) is 10.0 Å². The number of halogens is 3. The van der Waals surface area contributed by atoms with Gasteiger partial charge in [0.2, 0.25) is 0 Å². The van der Waals surface area contributed by atoms with E-state index in [2.05, 4.69) is 40.2 Å². The lowest BCUT2D eigenvalue weighted by Crippen LogP contribution is -2.25. The zero-order valence-electron chi connectivity index (χ0n) is 11.3. The lowest BCUT2D eigenvalue weighted by Gasteiger charge is -2.21. The molecule has 3 nitrogen and oxygen atoms in total. The normalized spacial score (nSPS) is 12.7. The molecule has 0 radical (unpaired) electrons. The monoisotopic (exact) mass is 375 g/mol. The van der Waals surface area contributed by atoms with E-state index in [0.717, 1.165) is 28.8 Å². The van der Waals surface area contributed by atoms with Gasteiger partial charge >= 0.3 is 0 Å². The third-order valence-corrected chi connectivity index (χ3v) is 4.08. The lowest BCUT2D eigenvalue weighted by molar-refractivity contribution is 0.541. The van der Waals surface area contributed by atoms with Gasteiger partial charge in [-0.1, -0.05) is 30.1 Å². The molecule has 0 aliphatic carbocycles. The summed E-state index contributed by atoms with van der Waals surface area (Å²) in [6.07, 6.45) is 1.81. The minimum Gasteiger partial charge on any atom is -0.305 e. The Morgan fingerprint density at radius 2 is 1.90 bits per heavy atom. The van der Waals surface area contributed by atoms with E-state index in [1.165, 1.54) is 0 Å². The van der Waals surface area contributed by atoms with Crippen molar-refractivity contribution < 1.29 is 0 Å². The molecule has 6 heteroatoms. The molecule has 1 unspecified atom stereocenters. The van der Waals surface area contributed by atoms with Gasteiger partial charge in [-0.2, -0.15) is 5.10 Å². The van der Waals surface area contributed by atoms with Crippen LogP contribution in [0.5, 0.6) is 0 Å². The molecule has 108 valence electrons. The SMILES string of the molecule is CCNC(c1cc(Cl)cc(Cl)c1)c1c(Br)cnn1CC. The summed E-state index contributed by atoms with van der Waals surface area (Å²) in [6, 6.07) is 5.59. The number of rotatable bonds is 5. The highest BCUT2D eigenvalue weighted by Crippen LogP contribution is 2.31. The van der Waals surface area contributed by atoms with Crippen molar-refractivity contribution in [2.75, 3.05) is 6.54 Å². The van der Waals surface area contributed by atoms with Gasteiger partial charge < -0.3 is 5.32 Å². The number of hydrogen-bond acceptors (Lipinski definition) is 2. The van der Waals surface area contributed by atoms with Crippen molar-refractivity contribution in [3.8, 4) is 0 Å². The van der Waals surface area contributed by atoms with E-state index in [9.17, 15) is 0 Å². The first-order chi connectivity index (χ1) is 9.56. The summed E-state index contributed by atoms with van der Waals surface area (Å²) in [7, 11) is 0. The van der Waals surface area contributed by atoms with Crippen molar-refractivity contribution in [3.63, 3.8) is 0 Å². The molecule has 1 atom stereocenters. The Kier molecular flexibility index (Phi) is 5.49. The van der Waals surface area contributed by atoms with E-state index in [1.807, 2.05) is 23.0 Å². The van der Waals surface area contributed by atoms with Crippen LogP contribution in [0, 0.1) is 0 Å². The first-order valence-electron chi connectivity index (χ1n) is 6.47. The molecule has 2 aromatic rings. The first-order valence-corrected chi connectivity index (χ1v) is 8.02. The van der Waals surface area contributed by atoms with Crippen molar-refractivity contribution in [3.05, 3.63) is 50.2 Å². The smallest absolute Gasteiger partial charge is 0.0760 e. The molecule has 20 heavy (non-hydrogen) atoms. The van der Waals surface area contributed by atoms with Gasteiger partial charge in [0.25, 0.3) is 0 Å². The minimum absolute atomic E-state index is 0.00646. The van der Waals surface area contributed by atoms with Gasteiger partial charge in [-0.25, -0.2) is 0 Å². The summed E-state index contributed by atoms with van der Waals surface area (Å²) in [5.41, 5.74) is 2.10. The van der Waals surface area contributed by atoms with Crippen LogP contribution in [0.1, 0.15) is 31.1 Å². The van der Waals surface area contributed by atoms with E-state index < -0.39 is 0 Å². The Morgan fingerprint density at radius 1 is 1.25 bits per heavy atom. The second-order valence-corrected chi connectivity index (χ2v) is 6.11. The molecule has 0 amide bonds. The average Bonchev–Trinajstić information content (AvgIpc) is 2.76. The Hall–Kier alpha value is -0.550. The maximum absolute atomic E-state index is 6.12. The van der Waals surface area contributed by atoms with Gasteiger partial charge in [-0.3, -0.25) is 4.68 Å². The average molecular weight is 377 g/mol. The highest BCUT2D eigenvalue weighted by atomic mass is 79.9. The largest absolute Gasteiger partial charge is 0.305 e. The van der Waals surface area contributed by atoms with Crippen LogP contribution >= 0.6 is 39.1 Å². The zero-order valence-corrected chi connectivity index (χ0v) is 14.4. The summed E-state index contributed by atoms with van der Waals surface area (Å²) < 4.78 is 2.94. The van der Waals surface area contributed by atoms with Gasteiger partial charge in [0.1, 0.15) is 0 Å². The minimum atomic E-state index is -0.00646. The highest BCUT2D eigenvalue weighted by molar-refractivity contribution is 9.10. The second-order valence-electron chi connectivity index (χ2n) is 4.39. The van der Waals surface area contributed by atoms with Gasteiger partial charge in [0.05, 0.1) is 22.4 Å². The van der Waals surface area contributed by atoms with Crippen LogP contribution < -0.4 is 5.32 Å². The Labute approximate surface area is 137 Å². The molecule has 0 spiro atoms. The fourth-order valence-electron chi connectivity index (χ4n) is 2.23. The standard InChI is InChI=1S/C14H16BrCl2N3/c1-3-18-13(9-5-10(16)7-11(17)6-9)14-12(15)8-19-20(14)4-2/h5-8,13,18H,3-4H2,1-2H3.